The number of hydrogen-bond donors (Lipinski definition) is 0. The van der Waals surface area contributed by atoms with Crippen LogP contribution in [0.5, 0.6) is 0 Å². The Kier molecular flexibility index (Phi) is 13.8. The highest BCUT2D eigenvalue weighted by molar-refractivity contribution is 6.14. The highest BCUT2D eigenvalue weighted by Gasteiger charge is 2.54. The summed E-state index contributed by atoms with van der Waals surface area (Å²) in [7, 11) is 0. The maximum atomic E-state index is 6.68. The maximum Gasteiger partial charge on any atom is 0.153 e. The smallest absolute Gasteiger partial charge is 0.153 e. The Bertz CT molecular complexity index is 6820. The van der Waals surface area contributed by atoms with Gasteiger partial charge in [-0.1, -0.05) is 261 Å². The van der Waals surface area contributed by atoms with E-state index >= 15 is 0 Å². The van der Waals surface area contributed by atoms with Crippen molar-refractivity contribution in [2.75, 3.05) is 9.80 Å². The van der Waals surface area contributed by atoms with Gasteiger partial charge in [0, 0.05) is 57.4 Å². The zero-order chi connectivity index (χ0) is 73.4. The first kappa shape index (κ1) is 63.5. The predicted molar refractivity (Wildman–Crippen MR) is 456 cm³/mol. The lowest BCUT2D eigenvalue weighted by molar-refractivity contribution is -0.00518. The van der Waals surface area contributed by atoms with Crippen LogP contribution in [0.3, 0.4) is 0 Å². The minimum atomic E-state index is -0.731. The lowest BCUT2D eigenvalue weighted by atomic mass is 9.48. The summed E-state index contributed by atoms with van der Waals surface area (Å²) in [5.41, 5.74) is 33.3. The van der Waals surface area contributed by atoms with Crippen molar-refractivity contribution in [1.82, 2.24) is 9.97 Å². The molecule has 530 valence electrons. The Morgan fingerprint density at radius 3 is 1.46 bits per heavy atom. The van der Waals surface area contributed by atoms with Crippen LogP contribution < -0.4 is 9.80 Å². The van der Waals surface area contributed by atoms with Gasteiger partial charge < -0.3 is 13.7 Å². The molecule has 6 heteroatoms. The van der Waals surface area contributed by atoms with E-state index in [2.05, 4.69) is 342 Å². The second-order valence-corrected chi connectivity index (χ2v) is 32.4. The SMILES string of the molecule is c1ccc(-c2ccc(N(c3ccc4c(c3)C3(c5ccccc5-4)c4ccccc4-c4c(-c5ccc(C6(c7ccccc7)c7ccccc7-c7ccc(N(c8ccc(-c9ccc(C%10%11CC%12CC(CC(C%12)C%10)C%11)cc9)cc8)c8cc9oc%10ccccc%10c9cn8)cc76)cc5)cccc43)c3cccc4oc5cnccc5c34)cc2)cc1. The average molecular weight is 1440 g/mol. The lowest BCUT2D eigenvalue weighted by Crippen LogP contribution is -2.48. The first-order valence-corrected chi connectivity index (χ1v) is 39.8. The van der Waals surface area contributed by atoms with Gasteiger partial charge in [-0.3, -0.25) is 9.88 Å². The Hall–Kier alpha value is -13.4. The second kappa shape index (κ2) is 24.3. The quantitative estimate of drug-likeness (QED) is 0.121. The molecule has 14 aromatic carbocycles. The van der Waals surface area contributed by atoms with Crippen LogP contribution in [-0.4, -0.2) is 9.97 Å². The second-order valence-electron chi connectivity index (χ2n) is 32.4. The van der Waals surface area contributed by atoms with Crippen LogP contribution in [0.25, 0.3) is 111 Å². The van der Waals surface area contributed by atoms with Gasteiger partial charge in [0.05, 0.1) is 28.1 Å². The number of furan rings is 2. The molecule has 4 heterocycles. The third-order valence-corrected chi connectivity index (χ3v) is 26.7. The van der Waals surface area contributed by atoms with Gasteiger partial charge in [-0.15, -0.1) is 0 Å². The molecule has 7 aliphatic rings. The predicted octanol–water partition coefficient (Wildman–Crippen LogP) is 27.4. The molecule has 4 saturated carbocycles. The van der Waals surface area contributed by atoms with Gasteiger partial charge >= 0.3 is 0 Å². The number of nitrogens with zero attached hydrogens (tertiary/aromatic N) is 4. The van der Waals surface area contributed by atoms with Crippen molar-refractivity contribution < 1.29 is 8.83 Å². The Balaban J connectivity index is 0.644. The third kappa shape index (κ3) is 9.21. The number of pyridine rings is 2. The van der Waals surface area contributed by atoms with Crippen molar-refractivity contribution in [3.05, 3.63) is 408 Å². The van der Waals surface area contributed by atoms with E-state index in [-0.39, 0.29) is 0 Å². The molecule has 2 unspecified atom stereocenters. The molecule has 0 N–H and O–H groups in total. The van der Waals surface area contributed by atoms with Crippen molar-refractivity contribution in [2.45, 2.75) is 54.8 Å². The largest absolute Gasteiger partial charge is 0.456 e. The zero-order valence-electron chi connectivity index (χ0n) is 61.6. The van der Waals surface area contributed by atoms with E-state index in [4.69, 9.17) is 13.8 Å². The monoisotopic (exact) mass is 1430 g/mol. The minimum Gasteiger partial charge on any atom is -0.456 e. The van der Waals surface area contributed by atoms with Crippen molar-refractivity contribution in [1.29, 1.82) is 0 Å². The molecule has 1 spiro atoms. The summed E-state index contributed by atoms with van der Waals surface area (Å²) in [6.45, 7) is 0. The zero-order valence-corrected chi connectivity index (χ0v) is 61.6. The van der Waals surface area contributed by atoms with Crippen LogP contribution >= 0.6 is 0 Å². The number of rotatable bonds is 12. The van der Waals surface area contributed by atoms with Gasteiger partial charge in [0.15, 0.2) is 5.58 Å². The molecule has 18 aromatic rings. The topological polar surface area (TPSA) is 58.5 Å². The van der Waals surface area contributed by atoms with E-state index in [9.17, 15) is 0 Å². The molecule has 112 heavy (non-hydrogen) atoms. The molecule has 25 rings (SSSR count). The maximum absolute atomic E-state index is 6.68. The molecule has 6 nitrogen and oxygen atoms in total. The van der Waals surface area contributed by atoms with Crippen LogP contribution in [0.15, 0.2) is 367 Å². The number of fused-ring (bicyclic) bond motifs is 19. The van der Waals surface area contributed by atoms with E-state index < -0.39 is 10.8 Å². The van der Waals surface area contributed by atoms with Gasteiger partial charge in [0.25, 0.3) is 0 Å². The Morgan fingerprint density at radius 1 is 0.295 bits per heavy atom. The fourth-order valence-corrected chi connectivity index (χ4v) is 22.5. The first-order valence-electron chi connectivity index (χ1n) is 39.8. The van der Waals surface area contributed by atoms with E-state index in [0.717, 1.165) is 107 Å². The van der Waals surface area contributed by atoms with Crippen molar-refractivity contribution in [2.24, 2.45) is 17.8 Å². The highest BCUT2D eigenvalue weighted by atomic mass is 16.3. The van der Waals surface area contributed by atoms with Crippen LogP contribution in [0, 0.1) is 17.8 Å². The summed E-state index contributed by atoms with van der Waals surface area (Å²) in [5.74, 6) is 3.49. The van der Waals surface area contributed by atoms with E-state index in [1.54, 1.807) is 5.56 Å². The van der Waals surface area contributed by atoms with E-state index in [0.29, 0.717) is 5.41 Å². The van der Waals surface area contributed by atoms with Gasteiger partial charge in [-0.2, -0.15) is 0 Å². The molecular weight excluding hydrogens is 1360 g/mol. The normalized spacial score (nSPS) is 19.8. The minimum absolute atomic E-state index is 0.356. The number of aromatic nitrogens is 2. The van der Waals surface area contributed by atoms with Crippen LogP contribution in [-0.2, 0) is 16.2 Å². The Morgan fingerprint density at radius 2 is 0.777 bits per heavy atom. The standard InChI is InChI=1S/C106H74N4O2/c1-3-17-69(18-4-1)71-37-45-77(46-38-71)109(96-30-16-32-98-103(96)88-53-54-107-65-100(88)112-98)79-49-51-85-83-22-8-12-27-91(83)106(95(85)58-79)92-28-13-9-24-87(92)102-81(25-15-29-93(102)106)73-35-43-76(44-36-73)105(75-19-5-2-6-20-75)90-26-11-7-21-82(90)84-52-50-80(59-94(84)105)110(101-60-99-89(64-108-101)86-23-10-14-31-97(86)111-99)78-47-39-72(40-48-78)70-33-41-74(42-34-70)104-61-66-55-67(62-104)57-68(56-66)63-104/h1-54,58-60,64-68H,55-57,61-63H2. The third-order valence-electron chi connectivity index (χ3n) is 26.7. The summed E-state index contributed by atoms with van der Waals surface area (Å²) in [4.78, 5) is 14.6. The first-order chi connectivity index (χ1) is 55.4. The molecule has 2 atom stereocenters. The van der Waals surface area contributed by atoms with Gasteiger partial charge in [-0.25, -0.2) is 4.98 Å². The highest BCUT2D eigenvalue weighted by Crippen LogP contribution is 2.66. The number of hydrogen-bond acceptors (Lipinski definition) is 6. The van der Waals surface area contributed by atoms with E-state index in [1.807, 2.05) is 30.7 Å². The van der Waals surface area contributed by atoms with Gasteiger partial charge in [-0.05, 0) is 251 Å². The summed E-state index contributed by atoms with van der Waals surface area (Å²) in [5, 5.41) is 4.11. The number of anilines is 6. The van der Waals surface area contributed by atoms with Crippen LogP contribution in [0.2, 0.25) is 0 Å². The summed E-state index contributed by atoms with van der Waals surface area (Å²) in [6.07, 6.45) is 14.1. The number of benzene rings is 14. The average Bonchev–Trinajstić information content (AvgIpc) is 1.50. The molecule has 4 fully saturated rings. The molecule has 0 aliphatic heterocycles. The lowest BCUT2D eigenvalue weighted by Gasteiger charge is -2.57. The van der Waals surface area contributed by atoms with Crippen molar-refractivity contribution in [3.8, 4) is 66.8 Å². The van der Waals surface area contributed by atoms with Crippen LogP contribution in [0.4, 0.5) is 34.3 Å². The van der Waals surface area contributed by atoms with Gasteiger partial charge in [0.2, 0.25) is 0 Å². The molecule has 0 amide bonds. The van der Waals surface area contributed by atoms with Crippen molar-refractivity contribution >= 4 is 78.1 Å². The number of para-hydroxylation sites is 1. The summed E-state index contributed by atoms with van der Waals surface area (Å²) >= 11 is 0. The summed E-state index contributed by atoms with van der Waals surface area (Å²) < 4.78 is 13.3. The fourth-order valence-electron chi connectivity index (χ4n) is 22.5. The van der Waals surface area contributed by atoms with Crippen molar-refractivity contribution in [3.63, 3.8) is 0 Å². The van der Waals surface area contributed by atoms with Gasteiger partial charge in [0.1, 0.15) is 22.6 Å². The fraction of sp³-hybridized carbons (Fsp3) is 0.113. The molecule has 7 aliphatic carbocycles. The molecule has 0 saturated heterocycles. The van der Waals surface area contributed by atoms with E-state index in [1.165, 1.54) is 139 Å². The summed E-state index contributed by atoms with van der Waals surface area (Å²) in [6, 6.07) is 127. The Labute approximate surface area is 650 Å². The molecular formula is C106H74N4O2. The van der Waals surface area contributed by atoms with Crippen LogP contribution in [0.1, 0.15) is 88.6 Å². The molecule has 4 bridgehead atoms. The molecule has 0 radical (unpaired) electrons. The molecule has 4 aromatic heterocycles.